The highest BCUT2D eigenvalue weighted by Gasteiger charge is 2.12. The van der Waals surface area contributed by atoms with Crippen LogP contribution in [-0.2, 0) is 0 Å². The predicted molar refractivity (Wildman–Crippen MR) is 86.8 cm³/mol. The second-order valence-electron chi connectivity index (χ2n) is 4.10. The van der Waals surface area contributed by atoms with Gasteiger partial charge in [0.25, 0.3) is 0 Å². The fourth-order valence-corrected chi connectivity index (χ4v) is 3.15. The summed E-state index contributed by atoms with van der Waals surface area (Å²) in [5, 5.41) is 0. The van der Waals surface area contributed by atoms with Crippen molar-refractivity contribution >= 4 is 33.5 Å². The first-order chi connectivity index (χ1) is 9.70. The van der Waals surface area contributed by atoms with Crippen LogP contribution in [0.4, 0.5) is 0 Å². The minimum atomic E-state index is 0.0824. The van der Waals surface area contributed by atoms with E-state index < -0.39 is 0 Å². The van der Waals surface area contributed by atoms with Crippen LogP contribution < -0.4 is 4.74 Å². The number of para-hydroxylation sites is 1. The summed E-state index contributed by atoms with van der Waals surface area (Å²) in [5.41, 5.74) is 0.650. The average Bonchev–Trinajstić information content (AvgIpc) is 2.46. The van der Waals surface area contributed by atoms with Crippen LogP contribution in [0.3, 0.4) is 0 Å². The van der Waals surface area contributed by atoms with Gasteiger partial charge in [-0.05, 0) is 37.3 Å². The summed E-state index contributed by atoms with van der Waals surface area (Å²) in [5.74, 6) is 1.15. The minimum Gasteiger partial charge on any atom is -0.493 e. The Kier molecular flexibility index (Phi) is 5.68. The van der Waals surface area contributed by atoms with Gasteiger partial charge in [-0.15, -0.1) is 11.8 Å². The number of Topliss-reactive ketones (excluding diaryl/α,β-unsaturated/α-hetero) is 1. The van der Waals surface area contributed by atoms with Crippen molar-refractivity contribution in [1.82, 2.24) is 0 Å². The van der Waals surface area contributed by atoms with Gasteiger partial charge in [-0.25, -0.2) is 0 Å². The molecule has 0 amide bonds. The Morgan fingerprint density at radius 1 is 1.20 bits per heavy atom. The molecule has 2 aromatic carbocycles. The van der Waals surface area contributed by atoms with Gasteiger partial charge in [-0.1, -0.05) is 34.1 Å². The van der Waals surface area contributed by atoms with Crippen molar-refractivity contribution in [1.29, 1.82) is 0 Å². The monoisotopic (exact) mass is 350 g/mol. The van der Waals surface area contributed by atoms with Gasteiger partial charge >= 0.3 is 0 Å². The third-order valence-electron chi connectivity index (χ3n) is 2.65. The number of rotatable bonds is 6. The number of hydrogen-bond acceptors (Lipinski definition) is 3. The molecule has 0 aromatic heterocycles. The van der Waals surface area contributed by atoms with Crippen molar-refractivity contribution in [2.45, 2.75) is 11.8 Å². The normalized spacial score (nSPS) is 10.3. The molecule has 0 spiro atoms. The molecule has 0 heterocycles. The van der Waals surface area contributed by atoms with Crippen LogP contribution >= 0.6 is 27.7 Å². The summed E-state index contributed by atoms with van der Waals surface area (Å²) in [6, 6.07) is 15.3. The van der Waals surface area contributed by atoms with Gasteiger partial charge in [-0.2, -0.15) is 0 Å². The topological polar surface area (TPSA) is 26.3 Å². The number of benzene rings is 2. The van der Waals surface area contributed by atoms with Gasteiger partial charge in [-0.3, -0.25) is 4.79 Å². The SMILES string of the molecule is CCOc1ccccc1C(=O)CSc1cccc(Br)c1. The number of carbonyl (C=O) groups is 1. The van der Waals surface area contributed by atoms with E-state index in [2.05, 4.69) is 15.9 Å². The van der Waals surface area contributed by atoms with Crippen molar-refractivity contribution in [2.75, 3.05) is 12.4 Å². The molecule has 0 fully saturated rings. The summed E-state index contributed by atoms with van der Waals surface area (Å²) >= 11 is 4.96. The number of hydrogen-bond donors (Lipinski definition) is 0. The Morgan fingerprint density at radius 2 is 2.00 bits per heavy atom. The Labute approximate surface area is 131 Å². The number of ketones is 1. The zero-order valence-electron chi connectivity index (χ0n) is 11.1. The molecule has 0 saturated heterocycles. The highest BCUT2D eigenvalue weighted by molar-refractivity contribution is 9.10. The molecule has 0 aliphatic rings. The van der Waals surface area contributed by atoms with Crippen LogP contribution in [0.15, 0.2) is 57.9 Å². The first-order valence-electron chi connectivity index (χ1n) is 6.34. The van der Waals surface area contributed by atoms with E-state index in [4.69, 9.17) is 4.74 Å². The van der Waals surface area contributed by atoms with Crippen LogP contribution in [0.5, 0.6) is 5.75 Å². The molecule has 20 heavy (non-hydrogen) atoms. The van der Waals surface area contributed by atoms with E-state index in [0.717, 1.165) is 9.37 Å². The minimum absolute atomic E-state index is 0.0824. The van der Waals surface area contributed by atoms with E-state index in [-0.39, 0.29) is 5.78 Å². The molecular formula is C16H15BrO2S. The predicted octanol–water partition coefficient (Wildman–Crippen LogP) is 4.82. The first-order valence-corrected chi connectivity index (χ1v) is 8.12. The molecule has 4 heteroatoms. The molecule has 0 aliphatic carbocycles. The van der Waals surface area contributed by atoms with Crippen LogP contribution in [0.2, 0.25) is 0 Å². The molecule has 0 aliphatic heterocycles. The highest BCUT2D eigenvalue weighted by atomic mass is 79.9. The van der Waals surface area contributed by atoms with Gasteiger partial charge in [0.15, 0.2) is 5.78 Å². The maximum Gasteiger partial charge on any atom is 0.176 e. The van der Waals surface area contributed by atoms with Crippen LogP contribution in [0, 0.1) is 0 Å². The lowest BCUT2D eigenvalue weighted by molar-refractivity contribution is 0.101. The van der Waals surface area contributed by atoms with Crippen molar-refractivity contribution in [3.8, 4) is 5.75 Å². The van der Waals surface area contributed by atoms with E-state index in [0.29, 0.717) is 23.7 Å². The molecule has 0 atom stereocenters. The summed E-state index contributed by atoms with van der Waals surface area (Å²) in [4.78, 5) is 13.4. The summed E-state index contributed by atoms with van der Waals surface area (Å²) in [6.07, 6.45) is 0. The van der Waals surface area contributed by atoms with Gasteiger partial charge in [0, 0.05) is 9.37 Å². The standard InChI is InChI=1S/C16H15BrO2S/c1-2-19-16-9-4-3-8-14(16)15(18)11-20-13-7-5-6-12(17)10-13/h3-10H,2,11H2,1H3. The van der Waals surface area contributed by atoms with Crippen molar-refractivity contribution in [2.24, 2.45) is 0 Å². The fourth-order valence-electron chi connectivity index (χ4n) is 1.76. The molecule has 0 N–H and O–H groups in total. The quantitative estimate of drug-likeness (QED) is 0.551. The maximum atomic E-state index is 12.3. The molecule has 2 aromatic rings. The summed E-state index contributed by atoms with van der Waals surface area (Å²) in [6.45, 7) is 2.47. The third kappa shape index (κ3) is 4.12. The molecule has 0 unspecified atom stereocenters. The van der Waals surface area contributed by atoms with Crippen molar-refractivity contribution < 1.29 is 9.53 Å². The van der Waals surface area contributed by atoms with Crippen LogP contribution in [0.25, 0.3) is 0 Å². The van der Waals surface area contributed by atoms with Gasteiger partial charge in [0.05, 0.1) is 17.9 Å². The van der Waals surface area contributed by atoms with Crippen LogP contribution in [0.1, 0.15) is 17.3 Å². The fraction of sp³-hybridized carbons (Fsp3) is 0.188. The lowest BCUT2D eigenvalue weighted by atomic mass is 10.1. The Balaban J connectivity index is 2.05. The molecule has 0 bridgehead atoms. The van der Waals surface area contributed by atoms with Gasteiger partial charge < -0.3 is 4.74 Å². The molecule has 2 rings (SSSR count). The van der Waals surface area contributed by atoms with E-state index in [1.54, 1.807) is 0 Å². The zero-order chi connectivity index (χ0) is 14.4. The van der Waals surface area contributed by atoms with Gasteiger partial charge in [0.2, 0.25) is 0 Å². The van der Waals surface area contributed by atoms with E-state index in [1.165, 1.54) is 11.8 Å². The van der Waals surface area contributed by atoms with Crippen molar-refractivity contribution in [3.63, 3.8) is 0 Å². The summed E-state index contributed by atoms with van der Waals surface area (Å²) < 4.78 is 6.51. The largest absolute Gasteiger partial charge is 0.493 e. The van der Waals surface area contributed by atoms with E-state index >= 15 is 0 Å². The third-order valence-corrected chi connectivity index (χ3v) is 4.14. The average molecular weight is 351 g/mol. The number of ether oxygens (including phenoxy) is 1. The first kappa shape index (κ1) is 15.1. The van der Waals surface area contributed by atoms with Crippen LogP contribution in [-0.4, -0.2) is 18.1 Å². The molecule has 0 radical (unpaired) electrons. The highest BCUT2D eigenvalue weighted by Crippen LogP contribution is 2.25. The molecule has 2 nitrogen and oxygen atoms in total. The molecule has 104 valence electrons. The van der Waals surface area contributed by atoms with Gasteiger partial charge in [0.1, 0.15) is 5.75 Å². The summed E-state index contributed by atoms with van der Waals surface area (Å²) in [7, 11) is 0. The Bertz CT molecular complexity index is 599. The number of thioether (sulfide) groups is 1. The lowest BCUT2D eigenvalue weighted by Crippen LogP contribution is -2.06. The number of halogens is 1. The second-order valence-corrected chi connectivity index (χ2v) is 6.06. The second kappa shape index (κ2) is 7.50. The number of carbonyl (C=O) groups excluding carboxylic acids is 1. The Morgan fingerprint density at radius 3 is 2.75 bits per heavy atom. The molecular weight excluding hydrogens is 336 g/mol. The maximum absolute atomic E-state index is 12.3. The van der Waals surface area contributed by atoms with E-state index in [1.807, 2.05) is 55.5 Å². The molecule has 0 saturated carbocycles. The Hall–Kier alpha value is -1.26. The smallest absolute Gasteiger partial charge is 0.176 e. The van der Waals surface area contributed by atoms with E-state index in [9.17, 15) is 4.79 Å². The van der Waals surface area contributed by atoms with Crippen molar-refractivity contribution in [3.05, 3.63) is 58.6 Å². The zero-order valence-corrected chi connectivity index (χ0v) is 13.5. The lowest BCUT2D eigenvalue weighted by Gasteiger charge is -2.09.